The molecule has 0 bridgehead atoms. The van der Waals surface area contributed by atoms with Crippen molar-refractivity contribution in [1.82, 2.24) is 15.3 Å². The van der Waals surface area contributed by atoms with Gasteiger partial charge in [0.15, 0.2) is 0 Å². The second-order valence-corrected chi connectivity index (χ2v) is 9.84. The number of hydroxylamine groups is 1. The van der Waals surface area contributed by atoms with Crippen LogP contribution >= 0.6 is 0 Å². The molecule has 2 N–H and O–H groups in total. The average Bonchev–Trinajstić information content (AvgIpc) is 3.28. The van der Waals surface area contributed by atoms with Crippen molar-refractivity contribution in [3.05, 3.63) is 71.3 Å². The van der Waals surface area contributed by atoms with E-state index in [2.05, 4.69) is 0 Å². The Morgan fingerprint density at radius 1 is 1.00 bits per heavy atom. The largest absolute Gasteiger partial charge is 0.338 e. The molecule has 0 aliphatic carbocycles. The highest BCUT2D eigenvalue weighted by Gasteiger charge is 2.54. The molecule has 35 heavy (non-hydrogen) atoms. The van der Waals surface area contributed by atoms with Crippen LogP contribution in [0.1, 0.15) is 59.4 Å². The smallest absolute Gasteiger partial charge is 0.261 e. The molecule has 2 heterocycles. The predicted molar refractivity (Wildman–Crippen MR) is 128 cm³/mol. The van der Waals surface area contributed by atoms with E-state index < -0.39 is 29.1 Å². The summed E-state index contributed by atoms with van der Waals surface area (Å²) in [5, 5.41) is 9.57. The Kier molecular flexibility index (Phi) is 7.03. The lowest BCUT2D eigenvalue weighted by atomic mass is 9.67. The fourth-order valence-corrected chi connectivity index (χ4v) is 5.63. The van der Waals surface area contributed by atoms with Gasteiger partial charge in [0.2, 0.25) is 11.8 Å². The number of nitrogens with zero attached hydrogens (tertiary/aromatic N) is 2. The van der Waals surface area contributed by atoms with E-state index in [1.54, 1.807) is 34.6 Å². The van der Waals surface area contributed by atoms with Crippen LogP contribution in [0.15, 0.2) is 54.6 Å². The molecule has 4 rings (SSSR count). The SMILES string of the molecule is CC(C)CC1(C(CCN2C(=O)c3ccccc3C2=O)C(=O)NO)CCN(Cc2ccccc2)C1=O. The van der Waals surface area contributed by atoms with Crippen LogP contribution < -0.4 is 5.48 Å². The van der Waals surface area contributed by atoms with E-state index in [0.29, 0.717) is 37.1 Å². The molecule has 2 aliphatic heterocycles. The van der Waals surface area contributed by atoms with Crippen molar-refractivity contribution in [3.63, 3.8) is 0 Å². The molecular weight excluding hydrogens is 446 g/mol. The van der Waals surface area contributed by atoms with Crippen molar-refractivity contribution >= 4 is 23.6 Å². The molecule has 0 aromatic heterocycles. The summed E-state index contributed by atoms with van der Waals surface area (Å²) in [6, 6.07) is 16.3. The number of amides is 4. The maximum absolute atomic E-state index is 13.8. The number of imide groups is 1. The molecule has 2 atom stereocenters. The van der Waals surface area contributed by atoms with Crippen molar-refractivity contribution < 1.29 is 24.4 Å². The number of nitrogens with one attached hydrogen (secondary N) is 1. The number of benzene rings is 2. The van der Waals surface area contributed by atoms with E-state index in [1.165, 1.54) is 0 Å². The summed E-state index contributed by atoms with van der Waals surface area (Å²) in [7, 11) is 0. The van der Waals surface area contributed by atoms with Gasteiger partial charge in [-0.05, 0) is 42.9 Å². The Labute approximate surface area is 204 Å². The number of likely N-dealkylation sites (tertiary alicyclic amines) is 1. The summed E-state index contributed by atoms with van der Waals surface area (Å²) < 4.78 is 0. The van der Waals surface area contributed by atoms with Crippen LogP contribution in [0.3, 0.4) is 0 Å². The van der Waals surface area contributed by atoms with Gasteiger partial charge in [-0.25, -0.2) is 5.48 Å². The zero-order chi connectivity index (χ0) is 25.2. The molecule has 0 radical (unpaired) electrons. The molecule has 0 spiro atoms. The molecule has 4 amide bonds. The first-order valence-corrected chi connectivity index (χ1v) is 12.0. The highest BCUT2D eigenvalue weighted by Crippen LogP contribution is 2.46. The van der Waals surface area contributed by atoms with Crippen LogP contribution in [0.2, 0.25) is 0 Å². The van der Waals surface area contributed by atoms with Crippen LogP contribution in [0.5, 0.6) is 0 Å². The predicted octanol–water partition coefficient (Wildman–Crippen LogP) is 3.26. The lowest BCUT2D eigenvalue weighted by molar-refractivity contribution is -0.150. The maximum Gasteiger partial charge on any atom is 0.261 e. The number of rotatable bonds is 9. The van der Waals surface area contributed by atoms with Gasteiger partial charge in [-0.2, -0.15) is 0 Å². The van der Waals surface area contributed by atoms with Crippen LogP contribution in [-0.4, -0.2) is 51.7 Å². The van der Waals surface area contributed by atoms with Crippen LogP contribution in [-0.2, 0) is 16.1 Å². The molecule has 2 aromatic rings. The minimum Gasteiger partial charge on any atom is -0.338 e. The fourth-order valence-electron chi connectivity index (χ4n) is 5.63. The van der Waals surface area contributed by atoms with E-state index in [4.69, 9.17) is 0 Å². The Hall–Kier alpha value is -3.52. The standard InChI is InChI=1S/C27H31N3O5/c1-18(2)16-27(13-15-29(26(27)34)17-19-8-4-3-5-9-19)22(23(31)28-35)12-14-30-24(32)20-10-6-7-11-21(20)25(30)33/h3-11,18,22,35H,12-17H2,1-2H3,(H,28,31). The first kappa shape index (κ1) is 24.6. The average molecular weight is 478 g/mol. The third-order valence-corrected chi connectivity index (χ3v) is 7.14. The first-order chi connectivity index (χ1) is 16.8. The van der Waals surface area contributed by atoms with Crippen molar-refractivity contribution in [2.75, 3.05) is 13.1 Å². The first-order valence-electron chi connectivity index (χ1n) is 12.0. The number of fused-ring (bicyclic) bond motifs is 1. The van der Waals surface area contributed by atoms with E-state index in [9.17, 15) is 24.4 Å². The zero-order valence-electron chi connectivity index (χ0n) is 20.1. The molecule has 8 nitrogen and oxygen atoms in total. The lowest BCUT2D eigenvalue weighted by Crippen LogP contribution is -2.48. The van der Waals surface area contributed by atoms with E-state index in [1.807, 2.05) is 44.2 Å². The van der Waals surface area contributed by atoms with Crippen molar-refractivity contribution in [1.29, 1.82) is 0 Å². The van der Waals surface area contributed by atoms with Gasteiger partial charge in [0.25, 0.3) is 11.8 Å². The second-order valence-electron chi connectivity index (χ2n) is 9.84. The topological polar surface area (TPSA) is 107 Å². The second kappa shape index (κ2) is 10.00. The van der Waals surface area contributed by atoms with Crippen LogP contribution in [0.25, 0.3) is 0 Å². The van der Waals surface area contributed by atoms with Gasteiger partial charge in [-0.3, -0.25) is 29.3 Å². The summed E-state index contributed by atoms with van der Waals surface area (Å²) in [4.78, 5) is 55.4. The van der Waals surface area contributed by atoms with Gasteiger partial charge in [0, 0.05) is 19.6 Å². The number of carbonyl (C=O) groups is 4. The fraction of sp³-hybridized carbons (Fsp3) is 0.407. The van der Waals surface area contributed by atoms with Gasteiger partial charge in [0.1, 0.15) is 0 Å². The van der Waals surface area contributed by atoms with Gasteiger partial charge < -0.3 is 4.90 Å². The highest BCUT2D eigenvalue weighted by atomic mass is 16.5. The summed E-state index contributed by atoms with van der Waals surface area (Å²) in [5.41, 5.74) is 2.38. The van der Waals surface area contributed by atoms with Crippen molar-refractivity contribution in [2.24, 2.45) is 17.3 Å². The van der Waals surface area contributed by atoms with Crippen LogP contribution in [0.4, 0.5) is 0 Å². The van der Waals surface area contributed by atoms with Crippen LogP contribution in [0, 0.1) is 17.3 Å². The van der Waals surface area contributed by atoms with Gasteiger partial charge in [-0.1, -0.05) is 56.3 Å². The van der Waals surface area contributed by atoms with Gasteiger partial charge in [0.05, 0.1) is 22.5 Å². The summed E-state index contributed by atoms with van der Waals surface area (Å²) in [6.45, 7) is 4.89. The third kappa shape index (κ3) is 4.58. The van der Waals surface area contributed by atoms with Crippen molar-refractivity contribution in [3.8, 4) is 0 Å². The summed E-state index contributed by atoms with van der Waals surface area (Å²) in [6.07, 6.45) is 0.990. The molecule has 1 saturated heterocycles. The molecule has 8 heteroatoms. The highest BCUT2D eigenvalue weighted by molar-refractivity contribution is 6.21. The Balaban J connectivity index is 1.59. The zero-order valence-corrected chi connectivity index (χ0v) is 20.1. The molecular formula is C27H31N3O5. The molecule has 1 fully saturated rings. The quantitative estimate of drug-likeness (QED) is 0.328. The number of hydrogen-bond acceptors (Lipinski definition) is 5. The third-order valence-electron chi connectivity index (χ3n) is 7.14. The maximum atomic E-state index is 13.8. The minimum absolute atomic E-state index is 0.0176. The summed E-state index contributed by atoms with van der Waals surface area (Å²) in [5.74, 6) is -2.40. The van der Waals surface area contributed by atoms with E-state index in [-0.39, 0.29) is 24.8 Å². The number of hydrogen-bond donors (Lipinski definition) is 2. The molecule has 2 aliphatic rings. The Morgan fingerprint density at radius 2 is 1.60 bits per heavy atom. The molecule has 184 valence electrons. The van der Waals surface area contributed by atoms with E-state index in [0.717, 1.165) is 10.5 Å². The normalized spacial score (nSPS) is 20.5. The lowest BCUT2D eigenvalue weighted by Gasteiger charge is -2.36. The Morgan fingerprint density at radius 3 is 2.17 bits per heavy atom. The van der Waals surface area contributed by atoms with Gasteiger partial charge >= 0.3 is 0 Å². The monoisotopic (exact) mass is 477 g/mol. The summed E-state index contributed by atoms with van der Waals surface area (Å²) >= 11 is 0. The molecule has 0 saturated carbocycles. The van der Waals surface area contributed by atoms with Gasteiger partial charge in [-0.15, -0.1) is 0 Å². The van der Waals surface area contributed by atoms with Crippen molar-refractivity contribution in [2.45, 2.75) is 39.7 Å². The molecule has 2 aromatic carbocycles. The minimum atomic E-state index is -1.03. The molecule has 2 unspecified atom stereocenters. The Bertz CT molecular complexity index is 1100. The van der Waals surface area contributed by atoms with E-state index >= 15 is 0 Å². The number of carbonyl (C=O) groups excluding carboxylic acids is 4.